The fourth-order valence-corrected chi connectivity index (χ4v) is 17.9. The second-order valence-corrected chi connectivity index (χ2v) is 28.3. The molecule has 3 heteroatoms. The van der Waals surface area contributed by atoms with Crippen LogP contribution in [0.5, 0.6) is 0 Å². The van der Waals surface area contributed by atoms with Gasteiger partial charge in [0, 0.05) is 81.2 Å². The maximum atomic E-state index is 2.63. The molecule has 0 atom stereocenters. The molecule has 0 N–H and O–H groups in total. The van der Waals surface area contributed by atoms with Gasteiger partial charge in [-0.2, -0.15) is 0 Å². The van der Waals surface area contributed by atoms with E-state index in [4.69, 9.17) is 0 Å². The molecule has 406 valence electrons. The monoisotopic (exact) mass is 1100 g/mol. The summed E-state index contributed by atoms with van der Waals surface area (Å²) in [5, 5.41) is 2.60. The smallest absolute Gasteiger partial charge is 0.0558 e. The lowest BCUT2D eigenvalue weighted by molar-refractivity contribution is 0.659. The van der Waals surface area contributed by atoms with E-state index in [2.05, 4.69) is 297 Å². The summed E-state index contributed by atoms with van der Waals surface area (Å²) < 4.78 is 2.64. The number of fused-ring (bicyclic) bond motifs is 19. The molecule has 0 saturated carbocycles. The van der Waals surface area contributed by atoms with E-state index in [1.807, 2.05) is 11.3 Å². The largest absolute Gasteiger partial charge is 0.310 e. The summed E-state index contributed by atoms with van der Waals surface area (Å²) in [5.41, 5.74) is 33.1. The molecule has 0 saturated heterocycles. The lowest BCUT2D eigenvalue weighted by atomic mass is 9.81. The summed E-state index contributed by atoms with van der Waals surface area (Å²) in [5.74, 6) is 0. The number of thiophene rings is 1. The molecule has 12 aromatic rings. The predicted octanol–water partition coefficient (Wildman–Crippen LogP) is 22.5. The molecule has 11 aromatic carbocycles. The van der Waals surface area contributed by atoms with E-state index in [9.17, 15) is 0 Å². The zero-order valence-electron chi connectivity index (χ0n) is 49.6. The van der Waals surface area contributed by atoms with Gasteiger partial charge in [-0.1, -0.05) is 215 Å². The van der Waals surface area contributed by atoms with Crippen molar-refractivity contribution in [3.8, 4) is 55.6 Å². The summed E-state index contributed by atoms with van der Waals surface area (Å²) >= 11 is 1.96. The van der Waals surface area contributed by atoms with Crippen LogP contribution in [-0.2, 0) is 27.1 Å². The number of hydrogen-bond donors (Lipinski definition) is 0. The first-order chi connectivity index (χ1) is 40.4. The molecule has 0 amide bonds. The third-order valence-corrected chi connectivity index (χ3v) is 22.2. The van der Waals surface area contributed by atoms with E-state index in [-0.39, 0.29) is 27.1 Å². The molecule has 0 radical (unpaired) electrons. The van der Waals surface area contributed by atoms with Crippen molar-refractivity contribution < 1.29 is 0 Å². The van der Waals surface area contributed by atoms with Crippen molar-refractivity contribution >= 4 is 65.6 Å². The fourth-order valence-electron chi connectivity index (χ4n) is 16.6. The van der Waals surface area contributed by atoms with Gasteiger partial charge in [-0.05, 0) is 179 Å². The molecule has 0 aliphatic heterocycles. The van der Waals surface area contributed by atoms with E-state index in [1.165, 1.54) is 160 Å². The normalized spacial score (nSPS) is 16.5. The van der Waals surface area contributed by atoms with Gasteiger partial charge in [0.05, 0.1) is 5.69 Å². The maximum Gasteiger partial charge on any atom is 0.0558 e. The van der Waals surface area contributed by atoms with E-state index in [1.54, 1.807) is 0 Å². The van der Waals surface area contributed by atoms with E-state index in [0.717, 1.165) is 5.69 Å². The third kappa shape index (κ3) is 6.46. The van der Waals surface area contributed by atoms with Crippen molar-refractivity contribution in [2.45, 2.75) is 96.3 Å². The van der Waals surface area contributed by atoms with Gasteiger partial charge in [0.25, 0.3) is 0 Å². The second-order valence-electron chi connectivity index (χ2n) is 27.2. The number of benzene rings is 11. The zero-order chi connectivity index (χ0) is 57.1. The van der Waals surface area contributed by atoms with E-state index < -0.39 is 0 Å². The van der Waals surface area contributed by atoms with Crippen LogP contribution in [0.4, 0.5) is 34.1 Å². The Morgan fingerprint density at radius 1 is 0.262 bits per heavy atom. The van der Waals surface area contributed by atoms with Gasteiger partial charge in [0.2, 0.25) is 0 Å². The van der Waals surface area contributed by atoms with E-state index in [0.29, 0.717) is 0 Å². The highest BCUT2D eigenvalue weighted by Crippen LogP contribution is 2.61. The van der Waals surface area contributed by atoms with Crippen LogP contribution in [0.2, 0.25) is 0 Å². The zero-order valence-corrected chi connectivity index (χ0v) is 50.4. The number of nitrogens with zero attached hydrogens (tertiary/aromatic N) is 2. The van der Waals surface area contributed by atoms with Crippen LogP contribution in [0.25, 0.3) is 75.8 Å². The Hall–Kier alpha value is -8.76. The van der Waals surface area contributed by atoms with Gasteiger partial charge in [-0.15, -0.1) is 11.3 Å². The molecule has 1 aromatic heterocycles. The Labute approximate surface area is 498 Å². The topological polar surface area (TPSA) is 6.48 Å². The quantitative estimate of drug-likeness (QED) is 0.164. The van der Waals surface area contributed by atoms with Crippen molar-refractivity contribution in [3.05, 3.63) is 274 Å². The van der Waals surface area contributed by atoms with Gasteiger partial charge in [0.15, 0.2) is 0 Å². The average Bonchev–Trinajstić information content (AvgIpc) is 1.60. The molecular weight excluding hydrogens is 1030 g/mol. The number of rotatable bonds is 6. The minimum absolute atomic E-state index is 0.153. The van der Waals surface area contributed by atoms with Gasteiger partial charge < -0.3 is 9.80 Å². The van der Waals surface area contributed by atoms with Crippen LogP contribution < -0.4 is 9.80 Å². The predicted molar refractivity (Wildman–Crippen MR) is 357 cm³/mol. The van der Waals surface area contributed by atoms with Crippen molar-refractivity contribution in [2.75, 3.05) is 9.80 Å². The Bertz CT molecular complexity index is 4690. The Morgan fingerprint density at radius 2 is 0.560 bits per heavy atom. The molecule has 0 spiro atoms. The SMILES string of the molecule is CC1(C)c2ccccc2-c2ccc(N(c3ccc4c(c3)C(C)(C)c3ccccc3-4)c3ccc4c(c3)C(C)(C)c3cc(N(c5ccc6c(c5)C(C)(C)c5ccccc5-6)c5ccc6c(c5)C(C)(C)c5ccccc5-6)c5c(sc6ccccc65)c3-4)cc21. The molecule has 0 fully saturated rings. The average molecular weight is 1100 g/mol. The minimum Gasteiger partial charge on any atom is -0.310 e. The molecule has 5 aliphatic carbocycles. The summed E-state index contributed by atoms with van der Waals surface area (Å²) in [6, 6.07) is 84.4. The van der Waals surface area contributed by atoms with Gasteiger partial charge in [0.1, 0.15) is 0 Å². The molecule has 2 nitrogen and oxygen atoms in total. The molecular formula is C81H66N2S. The molecule has 17 rings (SSSR count). The maximum absolute atomic E-state index is 2.63. The van der Waals surface area contributed by atoms with Crippen LogP contribution in [0, 0.1) is 0 Å². The Balaban J connectivity index is 0.882. The third-order valence-electron chi connectivity index (χ3n) is 21.0. The second kappa shape index (κ2) is 16.7. The summed E-state index contributed by atoms with van der Waals surface area (Å²) in [6.07, 6.45) is 0. The first kappa shape index (κ1) is 49.8. The number of anilines is 6. The standard InChI is InChI=1S/C81H66N2S/c1-77(2)62-26-16-11-21-52(62)56-36-31-47(41-66(56)77)82(48-32-37-57-53-22-12-17-27-63(53)78(3,4)67(57)42-48)49-35-40-60-70(43-49)81(9,10)71-46-72(75-61-25-15-20-30-73(61)84-76(75)74(60)71)83(50-33-38-58-54-23-13-18-28-64(54)79(5,6)68(58)44-50)51-34-39-59-55-24-14-19-29-65(55)80(7,8)69(59)45-51/h11-46H,1-10H3. The van der Waals surface area contributed by atoms with Crippen molar-refractivity contribution in [2.24, 2.45) is 0 Å². The summed E-state index contributed by atoms with van der Waals surface area (Å²) in [6.45, 7) is 24.2. The van der Waals surface area contributed by atoms with Crippen molar-refractivity contribution in [3.63, 3.8) is 0 Å². The molecule has 0 unspecified atom stereocenters. The lowest BCUT2D eigenvalue weighted by Gasteiger charge is -2.32. The van der Waals surface area contributed by atoms with Crippen LogP contribution in [0.15, 0.2) is 218 Å². The molecule has 84 heavy (non-hydrogen) atoms. The van der Waals surface area contributed by atoms with Crippen LogP contribution in [-0.4, -0.2) is 0 Å². The van der Waals surface area contributed by atoms with Gasteiger partial charge in [-0.25, -0.2) is 0 Å². The van der Waals surface area contributed by atoms with Gasteiger partial charge >= 0.3 is 0 Å². The Kier molecular flexibility index (Phi) is 9.93. The first-order valence-corrected chi connectivity index (χ1v) is 31.0. The lowest BCUT2D eigenvalue weighted by Crippen LogP contribution is -2.20. The fraction of sp³-hybridized carbons (Fsp3) is 0.185. The Morgan fingerprint density at radius 3 is 0.952 bits per heavy atom. The first-order valence-electron chi connectivity index (χ1n) is 30.2. The molecule has 0 bridgehead atoms. The summed E-state index contributed by atoms with van der Waals surface area (Å²) in [4.78, 5) is 5.19. The van der Waals surface area contributed by atoms with Crippen molar-refractivity contribution in [1.29, 1.82) is 0 Å². The molecule has 1 heterocycles. The highest BCUT2D eigenvalue weighted by atomic mass is 32.1. The highest BCUT2D eigenvalue weighted by Gasteiger charge is 2.43. The molecule has 5 aliphatic rings. The van der Waals surface area contributed by atoms with Crippen LogP contribution in [0.3, 0.4) is 0 Å². The minimum atomic E-state index is -0.372. The van der Waals surface area contributed by atoms with Gasteiger partial charge in [-0.3, -0.25) is 0 Å². The van der Waals surface area contributed by atoms with Crippen LogP contribution >= 0.6 is 11.3 Å². The summed E-state index contributed by atoms with van der Waals surface area (Å²) in [7, 11) is 0. The number of hydrogen-bond acceptors (Lipinski definition) is 3. The van der Waals surface area contributed by atoms with E-state index >= 15 is 0 Å². The highest BCUT2D eigenvalue weighted by molar-refractivity contribution is 7.26. The van der Waals surface area contributed by atoms with Crippen molar-refractivity contribution in [1.82, 2.24) is 0 Å². The van der Waals surface area contributed by atoms with Crippen LogP contribution in [0.1, 0.15) is 125 Å².